The average Bonchev–Trinajstić information content (AvgIpc) is 2.11. The average molecular weight is 182 g/mol. The van der Waals surface area contributed by atoms with Crippen molar-refractivity contribution < 1.29 is 0 Å². The highest BCUT2D eigenvalue weighted by atomic mass is 14.5. The molecule has 0 heterocycles. The molecule has 0 N–H and O–H groups in total. The minimum absolute atomic E-state index is 0.700. The van der Waals surface area contributed by atoms with Crippen molar-refractivity contribution in [1.29, 1.82) is 0 Å². The van der Waals surface area contributed by atoms with Gasteiger partial charge in [-0.2, -0.15) is 0 Å². The van der Waals surface area contributed by atoms with Gasteiger partial charge in [-0.25, -0.2) is 0 Å². The van der Waals surface area contributed by atoms with Gasteiger partial charge in [0.2, 0.25) is 0 Å². The van der Waals surface area contributed by atoms with Gasteiger partial charge in [0.15, 0.2) is 0 Å². The molecule has 0 saturated heterocycles. The Kier molecular flexibility index (Phi) is 3.82. The molecule has 0 radical (unpaired) electrons. The van der Waals surface area contributed by atoms with E-state index in [0.29, 0.717) is 5.41 Å². The first kappa shape index (κ1) is 11.1. The van der Waals surface area contributed by atoms with Crippen LogP contribution >= 0.6 is 0 Å². The molecule has 1 aliphatic rings. The summed E-state index contributed by atoms with van der Waals surface area (Å²) in [7, 11) is 0. The van der Waals surface area contributed by atoms with E-state index in [-0.39, 0.29) is 0 Å². The number of hydrogen-bond acceptors (Lipinski definition) is 0. The summed E-state index contributed by atoms with van der Waals surface area (Å²) in [5.41, 5.74) is 0.700. The Hall–Kier alpha value is 0. The molecule has 0 aliphatic heterocycles. The van der Waals surface area contributed by atoms with Gasteiger partial charge in [-0.05, 0) is 30.1 Å². The Balaban J connectivity index is 2.45. The fourth-order valence-corrected chi connectivity index (χ4v) is 3.04. The van der Waals surface area contributed by atoms with Gasteiger partial charge < -0.3 is 0 Å². The van der Waals surface area contributed by atoms with Crippen LogP contribution in [-0.4, -0.2) is 0 Å². The Bertz CT molecular complexity index is 140. The van der Waals surface area contributed by atoms with Gasteiger partial charge in [-0.1, -0.05) is 53.4 Å². The van der Waals surface area contributed by atoms with Crippen LogP contribution in [0.5, 0.6) is 0 Å². The van der Waals surface area contributed by atoms with Crippen LogP contribution in [0, 0.1) is 17.3 Å². The monoisotopic (exact) mass is 182 g/mol. The van der Waals surface area contributed by atoms with Crippen molar-refractivity contribution in [3.63, 3.8) is 0 Å². The molecule has 78 valence electrons. The van der Waals surface area contributed by atoms with E-state index in [1.807, 2.05) is 0 Å². The van der Waals surface area contributed by atoms with E-state index in [9.17, 15) is 0 Å². The van der Waals surface area contributed by atoms with Crippen LogP contribution in [0.4, 0.5) is 0 Å². The Morgan fingerprint density at radius 2 is 2.00 bits per heavy atom. The van der Waals surface area contributed by atoms with E-state index >= 15 is 0 Å². The number of hydrogen-bond donors (Lipinski definition) is 0. The lowest BCUT2D eigenvalue weighted by Gasteiger charge is -2.52. The van der Waals surface area contributed by atoms with E-state index < -0.39 is 0 Å². The summed E-state index contributed by atoms with van der Waals surface area (Å²) in [4.78, 5) is 0. The molecule has 1 saturated carbocycles. The third kappa shape index (κ3) is 2.08. The molecular formula is C13H26. The van der Waals surface area contributed by atoms with E-state index in [2.05, 4.69) is 27.7 Å². The first-order valence-corrected chi connectivity index (χ1v) is 6.15. The molecule has 0 aromatic carbocycles. The van der Waals surface area contributed by atoms with Gasteiger partial charge in [0, 0.05) is 0 Å². The van der Waals surface area contributed by atoms with E-state index in [0.717, 1.165) is 11.8 Å². The van der Waals surface area contributed by atoms with Crippen LogP contribution in [0.1, 0.15) is 66.2 Å². The molecule has 1 aliphatic carbocycles. The van der Waals surface area contributed by atoms with Crippen molar-refractivity contribution in [3.05, 3.63) is 0 Å². The summed E-state index contributed by atoms with van der Waals surface area (Å²) >= 11 is 0. The molecule has 0 amide bonds. The van der Waals surface area contributed by atoms with Crippen LogP contribution in [0.2, 0.25) is 0 Å². The summed E-state index contributed by atoms with van der Waals surface area (Å²) in [5, 5.41) is 0. The zero-order valence-electron chi connectivity index (χ0n) is 9.90. The molecule has 1 fully saturated rings. The highest BCUT2D eigenvalue weighted by Gasteiger charge is 2.44. The standard InChI is InChI=1S/C13H26/c1-5-7-11(3)13(4)10-9-12(13)8-6-2/h11-12H,5-10H2,1-4H3. The first-order valence-electron chi connectivity index (χ1n) is 6.15. The molecule has 0 spiro atoms. The van der Waals surface area contributed by atoms with Gasteiger partial charge in [0.05, 0.1) is 0 Å². The van der Waals surface area contributed by atoms with Crippen molar-refractivity contribution in [2.45, 2.75) is 66.2 Å². The van der Waals surface area contributed by atoms with Crippen LogP contribution in [0.15, 0.2) is 0 Å². The lowest BCUT2D eigenvalue weighted by atomic mass is 9.54. The normalized spacial score (nSPS) is 35.5. The van der Waals surface area contributed by atoms with E-state index in [1.165, 1.54) is 38.5 Å². The molecule has 0 aromatic rings. The second-order valence-electron chi connectivity index (χ2n) is 5.22. The van der Waals surface area contributed by atoms with Gasteiger partial charge in [0.25, 0.3) is 0 Å². The highest BCUT2D eigenvalue weighted by molar-refractivity contribution is 4.94. The molecule has 0 bridgehead atoms. The topological polar surface area (TPSA) is 0 Å². The molecule has 0 aromatic heterocycles. The van der Waals surface area contributed by atoms with Crippen molar-refractivity contribution >= 4 is 0 Å². The maximum absolute atomic E-state index is 2.52. The second kappa shape index (κ2) is 4.48. The van der Waals surface area contributed by atoms with E-state index in [4.69, 9.17) is 0 Å². The summed E-state index contributed by atoms with van der Waals surface area (Å²) in [6, 6.07) is 0. The smallest absolute Gasteiger partial charge is 0.0272 e. The van der Waals surface area contributed by atoms with Crippen LogP contribution in [0.3, 0.4) is 0 Å². The van der Waals surface area contributed by atoms with E-state index in [1.54, 1.807) is 0 Å². The fraction of sp³-hybridized carbons (Fsp3) is 1.00. The Morgan fingerprint density at radius 3 is 2.38 bits per heavy atom. The molecule has 3 unspecified atom stereocenters. The summed E-state index contributed by atoms with van der Waals surface area (Å²) < 4.78 is 0. The van der Waals surface area contributed by atoms with Gasteiger partial charge >= 0.3 is 0 Å². The second-order valence-corrected chi connectivity index (χ2v) is 5.22. The van der Waals surface area contributed by atoms with Crippen LogP contribution in [-0.2, 0) is 0 Å². The summed E-state index contributed by atoms with van der Waals surface area (Å²) in [5.74, 6) is 1.99. The molecule has 0 heteroatoms. The zero-order chi connectivity index (χ0) is 9.90. The third-order valence-corrected chi connectivity index (χ3v) is 4.45. The van der Waals surface area contributed by atoms with Crippen molar-refractivity contribution in [2.24, 2.45) is 17.3 Å². The highest BCUT2D eigenvalue weighted by Crippen LogP contribution is 2.54. The summed E-state index contributed by atoms with van der Waals surface area (Å²) in [6.07, 6.45) is 8.60. The molecule has 1 rings (SSSR count). The van der Waals surface area contributed by atoms with Crippen LogP contribution < -0.4 is 0 Å². The minimum atomic E-state index is 0.700. The Morgan fingerprint density at radius 1 is 1.31 bits per heavy atom. The molecule has 0 nitrogen and oxygen atoms in total. The minimum Gasteiger partial charge on any atom is -0.0654 e. The van der Waals surface area contributed by atoms with Crippen LogP contribution in [0.25, 0.3) is 0 Å². The zero-order valence-corrected chi connectivity index (χ0v) is 9.90. The third-order valence-electron chi connectivity index (χ3n) is 4.45. The van der Waals surface area contributed by atoms with Gasteiger partial charge in [0.1, 0.15) is 0 Å². The largest absolute Gasteiger partial charge is 0.0654 e. The predicted molar refractivity (Wildman–Crippen MR) is 59.8 cm³/mol. The maximum Gasteiger partial charge on any atom is -0.0272 e. The molecule has 13 heavy (non-hydrogen) atoms. The predicted octanol–water partition coefficient (Wildman–Crippen LogP) is 4.64. The quantitative estimate of drug-likeness (QED) is 0.581. The first-order chi connectivity index (χ1) is 6.15. The van der Waals surface area contributed by atoms with Gasteiger partial charge in [-0.15, -0.1) is 0 Å². The lowest BCUT2D eigenvalue weighted by Crippen LogP contribution is -2.42. The Labute approximate surface area is 84.1 Å². The van der Waals surface area contributed by atoms with Gasteiger partial charge in [-0.3, -0.25) is 0 Å². The SMILES string of the molecule is CCCC(C)C1(C)CCC1CCC. The van der Waals surface area contributed by atoms with Crippen molar-refractivity contribution in [2.75, 3.05) is 0 Å². The maximum atomic E-state index is 2.52. The fourth-order valence-electron chi connectivity index (χ4n) is 3.04. The van der Waals surface area contributed by atoms with Crippen molar-refractivity contribution in [1.82, 2.24) is 0 Å². The molecular weight excluding hydrogens is 156 g/mol. The number of rotatable bonds is 5. The molecule has 3 atom stereocenters. The van der Waals surface area contributed by atoms with Crippen molar-refractivity contribution in [3.8, 4) is 0 Å². The summed E-state index contributed by atoms with van der Waals surface area (Å²) in [6.45, 7) is 9.62. The lowest BCUT2D eigenvalue weighted by molar-refractivity contribution is -0.0160.